The number of aryl methyl sites for hydroxylation is 1. The Morgan fingerprint density at radius 2 is 2.03 bits per heavy atom. The first-order valence-electron chi connectivity index (χ1n) is 9.31. The molecule has 0 saturated heterocycles. The summed E-state index contributed by atoms with van der Waals surface area (Å²) in [6.07, 6.45) is 4.83. The minimum atomic E-state index is -0.382. The van der Waals surface area contributed by atoms with Crippen LogP contribution in [-0.4, -0.2) is 25.2 Å². The monoisotopic (exact) mass is 423 g/mol. The number of carbonyl (C=O) groups is 1. The largest absolute Gasteiger partial charge is 0.348 e. The lowest BCUT2D eigenvalue weighted by molar-refractivity contribution is 0.0950. The second kappa shape index (κ2) is 8.12. The van der Waals surface area contributed by atoms with Gasteiger partial charge in [0, 0.05) is 24.0 Å². The molecule has 4 aromatic rings. The number of hydrogen-bond acceptors (Lipinski definition) is 3. The number of halogens is 2. The van der Waals surface area contributed by atoms with Gasteiger partial charge in [-0.1, -0.05) is 23.7 Å². The van der Waals surface area contributed by atoms with Crippen LogP contribution < -0.4 is 5.32 Å². The normalized spacial score (nSPS) is 10.9. The highest BCUT2D eigenvalue weighted by atomic mass is 35.5. The second-order valence-electron chi connectivity index (χ2n) is 6.85. The van der Waals surface area contributed by atoms with Gasteiger partial charge < -0.3 is 9.88 Å². The maximum Gasteiger partial charge on any atom is 0.255 e. The lowest BCUT2D eigenvalue weighted by atomic mass is 10.1. The Morgan fingerprint density at radius 3 is 2.73 bits per heavy atom. The van der Waals surface area contributed by atoms with Crippen molar-refractivity contribution < 1.29 is 9.18 Å². The molecule has 1 amide bonds. The zero-order valence-corrected chi connectivity index (χ0v) is 17.2. The minimum absolute atomic E-state index is 0.195. The van der Waals surface area contributed by atoms with Crippen molar-refractivity contribution in [3.63, 3.8) is 0 Å². The standard InChI is InChI=1S/C22H19ClFN5O/c1-14-19(13-27-29(14)18-5-3-4-17(23)11-18)22(30)26-12-16-6-7-21(20(24)10-16)28-9-8-25-15(28)2/h3-11,13H,12H2,1-2H3,(H,26,30). The molecule has 2 aromatic carbocycles. The number of aromatic nitrogens is 4. The van der Waals surface area contributed by atoms with Crippen LogP contribution in [0.25, 0.3) is 11.4 Å². The molecular weight excluding hydrogens is 405 g/mol. The third-order valence-electron chi connectivity index (χ3n) is 4.86. The van der Waals surface area contributed by atoms with Gasteiger partial charge in [0.1, 0.15) is 11.6 Å². The lowest BCUT2D eigenvalue weighted by Crippen LogP contribution is -2.23. The average molecular weight is 424 g/mol. The van der Waals surface area contributed by atoms with E-state index in [1.54, 1.807) is 52.8 Å². The molecule has 0 fully saturated rings. The average Bonchev–Trinajstić information content (AvgIpc) is 3.32. The van der Waals surface area contributed by atoms with Crippen LogP contribution in [0.3, 0.4) is 0 Å². The van der Waals surface area contributed by atoms with Gasteiger partial charge >= 0.3 is 0 Å². The van der Waals surface area contributed by atoms with E-state index in [9.17, 15) is 9.18 Å². The summed E-state index contributed by atoms with van der Waals surface area (Å²) >= 11 is 6.04. The molecule has 152 valence electrons. The first kappa shape index (κ1) is 19.8. The van der Waals surface area contributed by atoms with Crippen LogP contribution in [-0.2, 0) is 6.54 Å². The van der Waals surface area contributed by atoms with Crippen molar-refractivity contribution in [3.05, 3.63) is 94.5 Å². The third-order valence-corrected chi connectivity index (χ3v) is 5.09. The van der Waals surface area contributed by atoms with E-state index in [-0.39, 0.29) is 18.3 Å². The molecule has 8 heteroatoms. The highest BCUT2D eigenvalue weighted by Gasteiger charge is 2.16. The van der Waals surface area contributed by atoms with Gasteiger partial charge in [-0.3, -0.25) is 4.79 Å². The zero-order chi connectivity index (χ0) is 21.3. The van der Waals surface area contributed by atoms with Gasteiger partial charge in [-0.15, -0.1) is 0 Å². The fourth-order valence-electron chi connectivity index (χ4n) is 3.27. The highest BCUT2D eigenvalue weighted by Crippen LogP contribution is 2.19. The number of rotatable bonds is 5. The molecule has 0 saturated carbocycles. The highest BCUT2D eigenvalue weighted by molar-refractivity contribution is 6.30. The molecule has 4 rings (SSSR count). The first-order chi connectivity index (χ1) is 14.4. The number of nitrogens with one attached hydrogen (secondary N) is 1. The molecule has 0 aliphatic carbocycles. The number of imidazole rings is 1. The Hall–Kier alpha value is -3.45. The molecule has 0 aliphatic rings. The predicted molar refractivity (Wildman–Crippen MR) is 113 cm³/mol. The van der Waals surface area contributed by atoms with Crippen molar-refractivity contribution in [2.45, 2.75) is 20.4 Å². The van der Waals surface area contributed by atoms with E-state index in [2.05, 4.69) is 15.4 Å². The number of nitrogens with zero attached hydrogens (tertiary/aromatic N) is 4. The van der Waals surface area contributed by atoms with Gasteiger partial charge in [0.15, 0.2) is 0 Å². The van der Waals surface area contributed by atoms with Crippen molar-refractivity contribution in [1.82, 2.24) is 24.6 Å². The summed E-state index contributed by atoms with van der Waals surface area (Å²) in [5.74, 6) is 0.0330. The molecule has 6 nitrogen and oxygen atoms in total. The molecule has 0 radical (unpaired) electrons. The Bertz CT molecular complexity index is 1230. The third kappa shape index (κ3) is 3.84. The summed E-state index contributed by atoms with van der Waals surface area (Å²) in [4.78, 5) is 16.7. The molecule has 30 heavy (non-hydrogen) atoms. The minimum Gasteiger partial charge on any atom is -0.348 e. The molecule has 0 spiro atoms. The molecule has 2 aromatic heterocycles. The van der Waals surface area contributed by atoms with E-state index in [4.69, 9.17) is 11.6 Å². The number of amides is 1. The van der Waals surface area contributed by atoms with Crippen LogP contribution in [0.5, 0.6) is 0 Å². The first-order valence-corrected chi connectivity index (χ1v) is 9.69. The molecule has 0 bridgehead atoms. The summed E-state index contributed by atoms with van der Waals surface area (Å²) in [5, 5.41) is 7.70. The van der Waals surface area contributed by atoms with E-state index in [0.717, 1.165) is 5.69 Å². The van der Waals surface area contributed by atoms with E-state index < -0.39 is 0 Å². The van der Waals surface area contributed by atoms with Crippen LogP contribution >= 0.6 is 11.6 Å². The van der Waals surface area contributed by atoms with Gasteiger partial charge in [0.2, 0.25) is 0 Å². The quantitative estimate of drug-likeness (QED) is 0.517. The van der Waals surface area contributed by atoms with Gasteiger partial charge in [-0.25, -0.2) is 14.1 Å². The topological polar surface area (TPSA) is 64.7 Å². The fraction of sp³-hybridized carbons (Fsp3) is 0.136. The van der Waals surface area contributed by atoms with Crippen LogP contribution in [0.4, 0.5) is 4.39 Å². The maximum absolute atomic E-state index is 14.5. The Balaban J connectivity index is 1.48. The summed E-state index contributed by atoms with van der Waals surface area (Å²) in [7, 11) is 0. The summed E-state index contributed by atoms with van der Waals surface area (Å²) in [6.45, 7) is 3.81. The van der Waals surface area contributed by atoms with E-state index >= 15 is 0 Å². The van der Waals surface area contributed by atoms with E-state index in [1.807, 2.05) is 19.1 Å². The fourth-order valence-corrected chi connectivity index (χ4v) is 3.45. The van der Waals surface area contributed by atoms with Crippen LogP contribution in [0.2, 0.25) is 5.02 Å². The number of carbonyl (C=O) groups excluding carboxylic acids is 1. The molecule has 2 heterocycles. The predicted octanol–water partition coefficient (Wildman–Crippen LogP) is 4.40. The van der Waals surface area contributed by atoms with Crippen molar-refractivity contribution in [2.75, 3.05) is 0 Å². The molecule has 1 N–H and O–H groups in total. The molecule has 0 atom stereocenters. The van der Waals surface area contributed by atoms with Crippen molar-refractivity contribution in [2.24, 2.45) is 0 Å². The number of benzene rings is 2. The van der Waals surface area contributed by atoms with Crippen LogP contribution in [0.1, 0.15) is 27.4 Å². The second-order valence-corrected chi connectivity index (χ2v) is 7.28. The van der Waals surface area contributed by atoms with Gasteiger partial charge in [-0.05, 0) is 49.7 Å². The van der Waals surface area contributed by atoms with Gasteiger partial charge in [0.05, 0.1) is 28.8 Å². The van der Waals surface area contributed by atoms with Crippen molar-refractivity contribution in [1.29, 1.82) is 0 Å². The Morgan fingerprint density at radius 1 is 1.20 bits per heavy atom. The van der Waals surface area contributed by atoms with E-state index in [1.165, 1.54) is 12.3 Å². The van der Waals surface area contributed by atoms with E-state index in [0.29, 0.717) is 33.4 Å². The molecule has 0 unspecified atom stereocenters. The summed E-state index contributed by atoms with van der Waals surface area (Å²) < 4.78 is 17.9. The summed E-state index contributed by atoms with van der Waals surface area (Å²) in [5.41, 5.74) is 2.97. The zero-order valence-electron chi connectivity index (χ0n) is 16.4. The Labute approximate surface area is 177 Å². The Kier molecular flexibility index (Phi) is 5.37. The SMILES string of the molecule is Cc1nccn1-c1ccc(CNC(=O)c2cnn(-c3cccc(Cl)c3)c2C)cc1F. The van der Waals surface area contributed by atoms with Crippen molar-refractivity contribution >= 4 is 17.5 Å². The molecule has 0 aliphatic heterocycles. The smallest absolute Gasteiger partial charge is 0.255 e. The van der Waals surface area contributed by atoms with Crippen LogP contribution in [0, 0.1) is 19.7 Å². The lowest BCUT2D eigenvalue weighted by Gasteiger charge is -2.10. The van der Waals surface area contributed by atoms with Crippen LogP contribution in [0.15, 0.2) is 61.1 Å². The maximum atomic E-state index is 14.5. The van der Waals surface area contributed by atoms with Crippen molar-refractivity contribution in [3.8, 4) is 11.4 Å². The van der Waals surface area contributed by atoms with Gasteiger partial charge in [-0.2, -0.15) is 5.10 Å². The molecular formula is C22H19ClFN5O. The summed E-state index contributed by atoms with van der Waals surface area (Å²) in [6, 6.07) is 12.1. The number of hydrogen-bond donors (Lipinski definition) is 1. The van der Waals surface area contributed by atoms with Gasteiger partial charge in [0.25, 0.3) is 5.91 Å².